The van der Waals surface area contributed by atoms with Gasteiger partial charge in [-0.3, -0.25) is 9.59 Å². The third-order valence-corrected chi connectivity index (χ3v) is 3.05. The number of ether oxygens (including phenoxy) is 1. The van der Waals surface area contributed by atoms with Crippen LogP contribution in [0.4, 0.5) is 0 Å². The Morgan fingerprint density at radius 2 is 1.76 bits per heavy atom. The molecule has 0 N–H and O–H groups in total. The molecule has 0 aromatic carbocycles. The van der Waals surface area contributed by atoms with Crippen LogP contribution in [0.25, 0.3) is 0 Å². The Balaban J connectivity index is 3.96. The highest BCUT2D eigenvalue weighted by atomic mass is 16.5. The smallest absolute Gasteiger partial charge is 0.302 e. The molecule has 0 aromatic heterocycles. The second-order valence-electron chi connectivity index (χ2n) is 4.75. The third-order valence-electron chi connectivity index (χ3n) is 3.05. The van der Waals surface area contributed by atoms with E-state index in [1.165, 1.54) is 6.92 Å². The number of Topliss-reactive ketones (excluding diaryl/α,β-unsaturated/α-hetero) is 1. The van der Waals surface area contributed by atoms with E-state index in [9.17, 15) is 9.59 Å². The molecule has 0 aliphatic carbocycles. The predicted octanol–water partition coefficient (Wildman–Crippen LogP) is 3.14. The molecule has 0 radical (unpaired) electrons. The lowest BCUT2D eigenvalue weighted by molar-refractivity contribution is -0.141. The van der Waals surface area contributed by atoms with Crippen molar-refractivity contribution in [1.29, 1.82) is 0 Å². The monoisotopic (exact) mass is 240 g/mol. The zero-order valence-corrected chi connectivity index (χ0v) is 11.6. The van der Waals surface area contributed by atoms with E-state index in [4.69, 9.17) is 4.74 Å². The Bertz CT molecular complexity index is 292. The summed E-state index contributed by atoms with van der Waals surface area (Å²) < 4.78 is 4.89. The molecule has 0 heterocycles. The van der Waals surface area contributed by atoms with Crippen LogP contribution in [0.1, 0.15) is 47.5 Å². The molecule has 0 saturated carbocycles. The number of allylic oxidation sites excluding steroid dienone is 2. The lowest BCUT2D eigenvalue weighted by Gasteiger charge is -2.11. The van der Waals surface area contributed by atoms with Crippen LogP contribution in [0.2, 0.25) is 0 Å². The van der Waals surface area contributed by atoms with Crippen molar-refractivity contribution in [3.63, 3.8) is 0 Å². The summed E-state index contributed by atoms with van der Waals surface area (Å²) in [7, 11) is 0. The highest BCUT2D eigenvalue weighted by molar-refractivity contribution is 5.80. The van der Waals surface area contributed by atoms with Gasteiger partial charge < -0.3 is 4.74 Å². The molecule has 0 aliphatic rings. The average molecular weight is 240 g/mol. The van der Waals surface area contributed by atoms with Crippen molar-refractivity contribution in [2.45, 2.75) is 47.5 Å². The molecule has 0 amide bonds. The summed E-state index contributed by atoms with van der Waals surface area (Å²) in [5.74, 6) is 0.444. The lowest BCUT2D eigenvalue weighted by Crippen LogP contribution is -2.08. The Labute approximate surface area is 104 Å². The second kappa shape index (κ2) is 8.04. The standard InChI is InChI=1S/C14H24O3/c1-10(8-9-17-14(5)16)6-7-11(2)12(3)13(4)15/h7,10,12H,6,8-9H2,1-5H3. The van der Waals surface area contributed by atoms with Gasteiger partial charge in [0.05, 0.1) is 6.61 Å². The van der Waals surface area contributed by atoms with Crippen molar-refractivity contribution < 1.29 is 14.3 Å². The summed E-state index contributed by atoms with van der Waals surface area (Å²) in [4.78, 5) is 21.8. The number of hydrogen-bond donors (Lipinski definition) is 0. The molecule has 0 aliphatic heterocycles. The number of hydrogen-bond acceptors (Lipinski definition) is 3. The number of carbonyl (C=O) groups excluding carboxylic acids is 2. The van der Waals surface area contributed by atoms with E-state index in [0.717, 1.165) is 18.4 Å². The molecule has 17 heavy (non-hydrogen) atoms. The van der Waals surface area contributed by atoms with Crippen LogP contribution in [0.5, 0.6) is 0 Å². The predicted molar refractivity (Wildman–Crippen MR) is 68.6 cm³/mol. The maximum atomic E-state index is 11.2. The zero-order valence-electron chi connectivity index (χ0n) is 11.6. The maximum absolute atomic E-state index is 11.2. The largest absolute Gasteiger partial charge is 0.466 e. The van der Waals surface area contributed by atoms with Crippen LogP contribution in [0.3, 0.4) is 0 Å². The van der Waals surface area contributed by atoms with E-state index < -0.39 is 0 Å². The number of carbonyl (C=O) groups is 2. The molecule has 0 fully saturated rings. The summed E-state index contributed by atoms with van der Waals surface area (Å²) in [5, 5.41) is 0. The molecule has 0 spiro atoms. The minimum absolute atomic E-state index is 0.00988. The Morgan fingerprint density at radius 1 is 1.18 bits per heavy atom. The van der Waals surface area contributed by atoms with Crippen LogP contribution >= 0.6 is 0 Å². The van der Waals surface area contributed by atoms with Gasteiger partial charge in [-0.1, -0.05) is 25.5 Å². The van der Waals surface area contributed by atoms with Crippen LogP contribution < -0.4 is 0 Å². The first-order chi connectivity index (χ1) is 7.84. The normalized spacial score (nSPS) is 15.2. The number of rotatable bonds is 7. The van der Waals surface area contributed by atoms with Crippen LogP contribution in [0, 0.1) is 11.8 Å². The summed E-state index contributed by atoms with van der Waals surface area (Å²) in [6.07, 6.45) is 3.90. The van der Waals surface area contributed by atoms with Gasteiger partial charge in [0, 0.05) is 12.8 Å². The minimum Gasteiger partial charge on any atom is -0.466 e. The van der Waals surface area contributed by atoms with Gasteiger partial charge in [-0.25, -0.2) is 0 Å². The number of ketones is 1. The van der Waals surface area contributed by atoms with Gasteiger partial charge in [-0.2, -0.15) is 0 Å². The fraction of sp³-hybridized carbons (Fsp3) is 0.714. The van der Waals surface area contributed by atoms with E-state index in [2.05, 4.69) is 13.0 Å². The van der Waals surface area contributed by atoms with E-state index in [0.29, 0.717) is 12.5 Å². The minimum atomic E-state index is -0.228. The van der Waals surface area contributed by atoms with Crippen LogP contribution in [0.15, 0.2) is 11.6 Å². The Hall–Kier alpha value is -1.12. The van der Waals surface area contributed by atoms with Gasteiger partial charge >= 0.3 is 5.97 Å². The first kappa shape index (κ1) is 15.9. The molecule has 0 bridgehead atoms. The van der Waals surface area contributed by atoms with Crippen LogP contribution in [-0.4, -0.2) is 18.4 Å². The van der Waals surface area contributed by atoms with Crippen molar-refractivity contribution in [3.8, 4) is 0 Å². The van der Waals surface area contributed by atoms with E-state index >= 15 is 0 Å². The average Bonchev–Trinajstić information content (AvgIpc) is 2.24. The van der Waals surface area contributed by atoms with Gasteiger partial charge in [0.25, 0.3) is 0 Å². The highest BCUT2D eigenvalue weighted by Crippen LogP contribution is 2.15. The molecule has 0 saturated heterocycles. The first-order valence-electron chi connectivity index (χ1n) is 6.15. The molecule has 2 atom stereocenters. The van der Waals surface area contributed by atoms with Crippen molar-refractivity contribution in [2.24, 2.45) is 11.8 Å². The molecular formula is C14H24O3. The molecular weight excluding hydrogens is 216 g/mol. The van der Waals surface area contributed by atoms with Crippen molar-refractivity contribution >= 4 is 11.8 Å². The molecule has 2 unspecified atom stereocenters. The van der Waals surface area contributed by atoms with Gasteiger partial charge in [0.15, 0.2) is 0 Å². The Morgan fingerprint density at radius 3 is 2.24 bits per heavy atom. The topological polar surface area (TPSA) is 43.4 Å². The fourth-order valence-corrected chi connectivity index (χ4v) is 1.41. The second-order valence-corrected chi connectivity index (χ2v) is 4.75. The first-order valence-corrected chi connectivity index (χ1v) is 6.15. The number of esters is 1. The van der Waals surface area contributed by atoms with Gasteiger partial charge in [0.2, 0.25) is 0 Å². The Kier molecular flexibility index (Phi) is 7.51. The summed E-state index contributed by atoms with van der Waals surface area (Å²) in [6, 6.07) is 0. The van der Waals surface area contributed by atoms with Crippen molar-refractivity contribution in [2.75, 3.05) is 6.61 Å². The quantitative estimate of drug-likeness (QED) is 0.507. The molecule has 98 valence electrons. The van der Waals surface area contributed by atoms with Crippen molar-refractivity contribution in [1.82, 2.24) is 0 Å². The lowest BCUT2D eigenvalue weighted by atomic mass is 9.95. The van der Waals surface area contributed by atoms with Gasteiger partial charge in [0.1, 0.15) is 5.78 Å². The molecule has 0 rings (SSSR count). The summed E-state index contributed by atoms with van der Waals surface area (Å²) in [5.41, 5.74) is 1.12. The SMILES string of the molecule is CC(=O)OCCC(C)CC=C(C)C(C)C(C)=O. The van der Waals surface area contributed by atoms with E-state index in [-0.39, 0.29) is 17.7 Å². The highest BCUT2D eigenvalue weighted by Gasteiger charge is 2.09. The maximum Gasteiger partial charge on any atom is 0.302 e. The fourth-order valence-electron chi connectivity index (χ4n) is 1.41. The third kappa shape index (κ3) is 7.72. The van der Waals surface area contributed by atoms with Crippen LogP contribution in [-0.2, 0) is 14.3 Å². The van der Waals surface area contributed by atoms with Crippen molar-refractivity contribution in [3.05, 3.63) is 11.6 Å². The van der Waals surface area contributed by atoms with E-state index in [1.807, 2.05) is 13.8 Å². The van der Waals surface area contributed by atoms with E-state index in [1.54, 1.807) is 6.92 Å². The zero-order chi connectivity index (χ0) is 13.4. The molecule has 3 nitrogen and oxygen atoms in total. The molecule has 3 heteroatoms. The summed E-state index contributed by atoms with van der Waals surface area (Å²) >= 11 is 0. The van der Waals surface area contributed by atoms with Gasteiger partial charge in [-0.05, 0) is 32.6 Å². The molecule has 0 aromatic rings. The van der Waals surface area contributed by atoms with Gasteiger partial charge in [-0.15, -0.1) is 0 Å². The summed E-state index contributed by atoms with van der Waals surface area (Å²) in [6.45, 7) is 9.55.